The number of para-hydroxylation sites is 1. The second-order valence-electron chi connectivity index (χ2n) is 16.8. The molecular weight excluding hydrogens is 851 g/mol. The van der Waals surface area contributed by atoms with Gasteiger partial charge in [0.15, 0.2) is 0 Å². The lowest BCUT2D eigenvalue weighted by molar-refractivity contribution is 0.282. The maximum atomic E-state index is 10.1. The van der Waals surface area contributed by atoms with Gasteiger partial charge >= 0.3 is 0 Å². The lowest BCUT2D eigenvalue weighted by Crippen LogP contribution is -2.16. The van der Waals surface area contributed by atoms with Crippen LogP contribution in [0.4, 0.5) is 51.2 Å². The van der Waals surface area contributed by atoms with Crippen molar-refractivity contribution in [2.24, 2.45) is 0 Å². The van der Waals surface area contributed by atoms with Crippen LogP contribution in [0.5, 0.6) is 17.2 Å². The van der Waals surface area contributed by atoms with E-state index >= 15 is 0 Å². The number of nitrogens with zero attached hydrogens (tertiary/aromatic N) is 3. The predicted molar refractivity (Wildman–Crippen MR) is 286 cm³/mol. The van der Waals surface area contributed by atoms with Gasteiger partial charge in [-0.2, -0.15) is 0 Å². The summed E-state index contributed by atoms with van der Waals surface area (Å²) in [5.74, 6) is 2.35. The monoisotopic (exact) mass is 899 g/mol. The van der Waals surface area contributed by atoms with Crippen LogP contribution >= 0.6 is 0 Å². The number of ether oxygens (including phenoxy) is 3. The highest BCUT2D eigenvalue weighted by molar-refractivity contribution is 6.28. The Morgan fingerprint density at radius 1 is 0.275 bits per heavy atom. The summed E-state index contributed by atoms with van der Waals surface area (Å²) in [5.41, 5.74) is 10.0. The first-order valence-corrected chi connectivity index (χ1v) is 23.0. The molecule has 0 fully saturated rings. The van der Waals surface area contributed by atoms with Crippen molar-refractivity contribution in [3.05, 3.63) is 230 Å². The number of hydrogen-bond donors (Lipinski definition) is 1. The Morgan fingerprint density at radius 2 is 0.507 bits per heavy atom. The third-order valence-corrected chi connectivity index (χ3v) is 13.0. The highest BCUT2D eigenvalue weighted by Gasteiger charge is 2.29. The van der Waals surface area contributed by atoms with Gasteiger partial charge in [-0.05, 0) is 103 Å². The Bertz CT molecular complexity index is 3170. The molecule has 1 N–H and O–H groups in total. The molecule has 336 valence electrons. The standard InChI is InChI=1S/C62H49N3O4/c1-67-48-35-29-45(30-36-48)63(44-27-25-42(41-66)26-28-44)59-51-17-7-11-21-55(51)61(56-22-12-8-18-52(56)59)65(43-15-5-4-6-16-43)62-57-23-13-9-19-53(57)60(54-20-10-14-24-58(54)62)64(46-31-37-49(68-2)38-32-46)47-33-39-50(69-3)40-34-47/h4-40,66H,41H2,1-3H3. The fourth-order valence-corrected chi connectivity index (χ4v) is 9.83. The van der Waals surface area contributed by atoms with Gasteiger partial charge in [0.25, 0.3) is 0 Å². The number of aliphatic hydroxyl groups excluding tert-OH is 1. The first kappa shape index (κ1) is 42.8. The van der Waals surface area contributed by atoms with Gasteiger partial charge in [0.05, 0.1) is 50.7 Å². The van der Waals surface area contributed by atoms with Crippen molar-refractivity contribution < 1.29 is 19.3 Å². The average molecular weight is 900 g/mol. The van der Waals surface area contributed by atoms with E-state index in [9.17, 15) is 5.11 Å². The highest BCUT2D eigenvalue weighted by atomic mass is 16.5. The van der Waals surface area contributed by atoms with Gasteiger partial charge < -0.3 is 34.0 Å². The molecule has 0 aliphatic heterocycles. The van der Waals surface area contributed by atoms with E-state index in [1.165, 1.54) is 0 Å². The molecule has 0 saturated carbocycles. The zero-order chi connectivity index (χ0) is 46.8. The second-order valence-corrected chi connectivity index (χ2v) is 16.8. The minimum atomic E-state index is -0.0377. The molecule has 0 amide bonds. The predicted octanol–water partition coefficient (Wildman–Crippen LogP) is 16.2. The van der Waals surface area contributed by atoms with Crippen molar-refractivity contribution in [2.45, 2.75) is 6.61 Å². The summed E-state index contributed by atoms with van der Waals surface area (Å²) in [4.78, 5) is 7.16. The summed E-state index contributed by atoms with van der Waals surface area (Å²) in [7, 11) is 5.09. The number of benzene rings is 11. The van der Waals surface area contributed by atoms with Crippen LogP contribution < -0.4 is 28.9 Å². The number of anilines is 9. The molecule has 11 rings (SSSR count). The van der Waals surface area contributed by atoms with Crippen LogP contribution in [-0.4, -0.2) is 26.4 Å². The first-order chi connectivity index (χ1) is 34.1. The Kier molecular flexibility index (Phi) is 11.5. The van der Waals surface area contributed by atoms with E-state index in [1.807, 2.05) is 48.5 Å². The molecule has 7 nitrogen and oxygen atoms in total. The number of hydrogen-bond acceptors (Lipinski definition) is 7. The van der Waals surface area contributed by atoms with Crippen LogP contribution in [0.2, 0.25) is 0 Å². The molecule has 0 aromatic heterocycles. The van der Waals surface area contributed by atoms with Gasteiger partial charge in [-0.1, -0.05) is 127 Å². The molecule has 0 saturated heterocycles. The van der Waals surface area contributed by atoms with Crippen LogP contribution in [0.1, 0.15) is 5.56 Å². The smallest absolute Gasteiger partial charge is 0.119 e. The topological polar surface area (TPSA) is 57.6 Å². The minimum absolute atomic E-state index is 0.0377. The second kappa shape index (κ2) is 18.5. The largest absolute Gasteiger partial charge is 0.497 e. The van der Waals surface area contributed by atoms with Crippen molar-refractivity contribution in [3.8, 4) is 17.2 Å². The van der Waals surface area contributed by atoms with Crippen LogP contribution in [0, 0.1) is 0 Å². The molecule has 0 aliphatic rings. The van der Waals surface area contributed by atoms with Gasteiger partial charge in [-0.25, -0.2) is 0 Å². The van der Waals surface area contributed by atoms with E-state index in [0.29, 0.717) is 0 Å². The summed E-state index contributed by atoms with van der Waals surface area (Å²) in [5, 5.41) is 18.7. The van der Waals surface area contributed by atoms with Crippen LogP contribution in [0.25, 0.3) is 43.1 Å². The molecule has 0 heterocycles. The van der Waals surface area contributed by atoms with E-state index in [2.05, 4.69) is 191 Å². The number of methoxy groups -OCH3 is 3. The van der Waals surface area contributed by atoms with E-state index in [-0.39, 0.29) is 6.61 Å². The van der Waals surface area contributed by atoms with E-state index in [0.717, 1.165) is 117 Å². The fraction of sp³-hybridized carbons (Fsp3) is 0.0645. The molecule has 11 aromatic carbocycles. The third kappa shape index (κ3) is 7.65. The molecule has 0 aliphatic carbocycles. The summed E-state index contributed by atoms with van der Waals surface area (Å²) in [6.45, 7) is -0.0377. The molecule has 0 bridgehead atoms. The number of aliphatic hydroxyl groups is 1. The minimum Gasteiger partial charge on any atom is -0.497 e. The van der Waals surface area contributed by atoms with Crippen LogP contribution in [-0.2, 0) is 6.61 Å². The fourth-order valence-electron chi connectivity index (χ4n) is 9.83. The molecule has 69 heavy (non-hydrogen) atoms. The van der Waals surface area contributed by atoms with Gasteiger partial charge in [-0.15, -0.1) is 0 Å². The van der Waals surface area contributed by atoms with Gasteiger partial charge in [0.1, 0.15) is 17.2 Å². The lowest BCUT2D eigenvalue weighted by atomic mass is 9.92. The van der Waals surface area contributed by atoms with Crippen molar-refractivity contribution in [1.29, 1.82) is 0 Å². The number of fused-ring (bicyclic) bond motifs is 4. The Balaban J connectivity index is 1.24. The summed E-state index contributed by atoms with van der Waals surface area (Å²) in [6.07, 6.45) is 0. The van der Waals surface area contributed by atoms with Crippen LogP contribution in [0.15, 0.2) is 224 Å². The van der Waals surface area contributed by atoms with Crippen molar-refractivity contribution >= 4 is 94.3 Å². The molecular formula is C62H49N3O4. The zero-order valence-electron chi connectivity index (χ0n) is 38.6. The molecule has 0 spiro atoms. The van der Waals surface area contributed by atoms with Crippen LogP contribution in [0.3, 0.4) is 0 Å². The Hall–Kier alpha value is -8.78. The zero-order valence-corrected chi connectivity index (χ0v) is 38.6. The normalized spacial score (nSPS) is 11.2. The SMILES string of the molecule is COc1ccc(N(c2ccc(CO)cc2)c2c3ccccc3c(N(c3ccccc3)c3c4ccccc4c(N(c4ccc(OC)cc4)c4ccc(OC)cc4)c4ccccc34)c3ccccc23)cc1. The molecule has 11 aromatic rings. The number of rotatable bonds is 13. The van der Waals surface area contributed by atoms with Crippen molar-refractivity contribution in [1.82, 2.24) is 0 Å². The Morgan fingerprint density at radius 3 is 0.768 bits per heavy atom. The highest BCUT2D eigenvalue weighted by Crippen LogP contribution is 2.55. The van der Waals surface area contributed by atoms with E-state index in [1.54, 1.807) is 21.3 Å². The summed E-state index contributed by atoms with van der Waals surface area (Å²) >= 11 is 0. The van der Waals surface area contributed by atoms with Crippen molar-refractivity contribution in [2.75, 3.05) is 36.0 Å². The van der Waals surface area contributed by atoms with Gasteiger partial charge in [0.2, 0.25) is 0 Å². The average Bonchev–Trinajstić information content (AvgIpc) is 3.42. The third-order valence-electron chi connectivity index (χ3n) is 13.0. The quantitative estimate of drug-likeness (QED) is 0.0914. The molecule has 0 atom stereocenters. The Labute approximate surface area is 401 Å². The maximum Gasteiger partial charge on any atom is 0.119 e. The molecule has 0 unspecified atom stereocenters. The molecule has 7 heteroatoms. The van der Waals surface area contributed by atoms with Gasteiger partial charge in [0, 0.05) is 71.5 Å². The van der Waals surface area contributed by atoms with E-state index < -0.39 is 0 Å². The maximum absolute atomic E-state index is 10.1. The van der Waals surface area contributed by atoms with Crippen molar-refractivity contribution in [3.63, 3.8) is 0 Å². The summed E-state index contributed by atoms with van der Waals surface area (Å²) < 4.78 is 16.9. The van der Waals surface area contributed by atoms with E-state index in [4.69, 9.17) is 14.2 Å². The van der Waals surface area contributed by atoms with Gasteiger partial charge in [-0.3, -0.25) is 0 Å². The lowest BCUT2D eigenvalue weighted by Gasteiger charge is -2.35. The first-order valence-electron chi connectivity index (χ1n) is 23.0. The summed E-state index contributed by atoms with van der Waals surface area (Å²) in [6, 6.07) is 78.8. The molecule has 0 radical (unpaired) electrons.